The van der Waals surface area contributed by atoms with E-state index in [0.717, 1.165) is 64.2 Å². The summed E-state index contributed by atoms with van der Waals surface area (Å²) in [6, 6.07) is 0. The van der Waals surface area contributed by atoms with Gasteiger partial charge in [0, 0.05) is 26.2 Å². The minimum atomic E-state index is -0.414. The van der Waals surface area contributed by atoms with Crippen LogP contribution in [0.2, 0.25) is 0 Å². The van der Waals surface area contributed by atoms with Crippen LogP contribution in [0.25, 0.3) is 0 Å². The van der Waals surface area contributed by atoms with Crippen molar-refractivity contribution in [1.29, 1.82) is 0 Å². The normalized spacial score (nSPS) is 18.4. The van der Waals surface area contributed by atoms with Crippen LogP contribution in [0, 0.1) is 0 Å². The van der Waals surface area contributed by atoms with Crippen LogP contribution in [0.15, 0.2) is 19.2 Å². The number of hydrogen-bond donors (Lipinski definition) is 4. The predicted molar refractivity (Wildman–Crippen MR) is 123 cm³/mol. The largest absolute Gasteiger partial charge is 0.380 e. The van der Waals surface area contributed by atoms with E-state index < -0.39 is 21.7 Å². The highest BCUT2D eigenvalue weighted by molar-refractivity contribution is 5.74. The molecule has 3 rings (SSSR count). The first kappa shape index (κ1) is 22.1. The van der Waals surface area contributed by atoms with Crippen molar-refractivity contribution < 1.29 is 0 Å². The molecule has 0 radical (unpaired) electrons. The fourth-order valence-electron chi connectivity index (χ4n) is 3.87. The van der Waals surface area contributed by atoms with Gasteiger partial charge in [-0.2, -0.15) is 0 Å². The Morgan fingerprint density at radius 2 is 0.533 bits per heavy atom. The van der Waals surface area contributed by atoms with E-state index in [1.165, 1.54) is 0 Å². The highest BCUT2D eigenvalue weighted by Crippen LogP contribution is 2.17. The Labute approximate surface area is 175 Å². The van der Waals surface area contributed by atoms with Crippen molar-refractivity contribution in [1.82, 2.24) is 0 Å². The number of nitrogens with one attached hydrogen (secondary N) is 4. The third-order valence-electron chi connectivity index (χ3n) is 5.73. The van der Waals surface area contributed by atoms with Crippen molar-refractivity contribution in [3.63, 3.8) is 0 Å². The molecule has 0 aliphatic carbocycles. The van der Waals surface area contributed by atoms with Gasteiger partial charge in [0.1, 0.15) is 22.7 Å². The Balaban J connectivity index is 1.49. The summed E-state index contributed by atoms with van der Waals surface area (Å²) in [5, 5.41) is 12.5. The van der Waals surface area contributed by atoms with E-state index in [0.29, 0.717) is 48.9 Å². The van der Waals surface area contributed by atoms with Gasteiger partial charge in [-0.05, 0) is 25.7 Å². The quantitative estimate of drug-likeness (QED) is 0.483. The van der Waals surface area contributed by atoms with Gasteiger partial charge >= 0.3 is 0 Å². The van der Waals surface area contributed by atoms with E-state index in [1.807, 2.05) is 0 Å². The second-order valence-corrected chi connectivity index (χ2v) is 8.06. The standard InChI is InChI=1S/C22H32N4O4/c27-19-15-17(21(19)29)25-13-9-5-2-6-10-14-26-18-16(20(28)22(18)30)24-12-8-4-1-3-7-11-23-15/h23-26H,1-14H2. The lowest BCUT2D eigenvalue weighted by atomic mass is 10.1. The molecule has 1 heterocycles. The van der Waals surface area contributed by atoms with E-state index >= 15 is 0 Å². The molecule has 2 aromatic rings. The molecule has 0 bridgehead atoms. The molecule has 0 fully saturated rings. The summed E-state index contributed by atoms with van der Waals surface area (Å²) in [7, 11) is 0. The van der Waals surface area contributed by atoms with Crippen LogP contribution in [-0.2, 0) is 0 Å². The van der Waals surface area contributed by atoms with Crippen LogP contribution >= 0.6 is 0 Å². The average molecular weight is 417 g/mol. The molecule has 0 amide bonds. The van der Waals surface area contributed by atoms with Gasteiger partial charge in [0.05, 0.1) is 0 Å². The maximum absolute atomic E-state index is 11.8. The molecule has 30 heavy (non-hydrogen) atoms. The van der Waals surface area contributed by atoms with Gasteiger partial charge in [0.2, 0.25) is 0 Å². The summed E-state index contributed by atoms with van der Waals surface area (Å²) in [5.41, 5.74) is 0.128. The third-order valence-corrected chi connectivity index (χ3v) is 5.73. The fraction of sp³-hybridized carbons (Fsp3) is 0.636. The smallest absolute Gasteiger partial charge is 0.253 e. The number of fused-ring (bicyclic) bond motifs is 2. The summed E-state index contributed by atoms with van der Waals surface area (Å²) in [5.74, 6) is 0. The Kier molecular flexibility index (Phi) is 8.04. The van der Waals surface area contributed by atoms with E-state index in [4.69, 9.17) is 0 Å². The van der Waals surface area contributed by atoms with Crippen LogP contribution in [0.5, 0.6) is 0 Å². The summed E-state index contributed by atoms with van der Waals surface area (Å²) in [6.07, 6.45) is 9.92. The zero-order chi connectivity index (χ0) is 21.3. The summed E-state index contributed by atoms with van der Waals surface area (Å²) in [4.78, 5) is 47.1. The lowest BCUT2D eigenvalue weighted by Gasteiger charge is -2.16. The molecule has 0 saturated heterocycles. The molecule has 1 aliphatic heterocycles. The van der Waals surface area contributed by atoms with Gasteiger partial charge in [0.15, 0.2) is 0 Å². The minimum Gasteiger partial charge on any atom is -0.380 e. The molecule has 0 spiro atoms. The highest BCUT2D eigenvalue weighted by Gasteiger charge is 2.20. The van der Waals surface area contributed by atoms with Crippen molar-refractivity contribution in [2.75, 3.05) is 47.4 Å². The zero-order valence-corrected chi connectivity index (χ0v) is 17.5. The Bertz CT molecular complexity index is 813. The average Bonchev–Trinajstić information content (AvgIpc) is 2.76. The molecule has 164 valence electrons. The van der Waals surface area contributed by atoms with E-state index in [2.05, 4.69) is 21.3 Å². The topological polar surface area (TPSA) is 116 Å². The van der Waals surface area contributed by atoms with Gasteiger partial charge in [0.25, 0.3) is 21.7 Å². The van der Waals surface area contributed by atoms with E-state index in [-0.39, 0.29) is 0 Å². The number of hydrogen-bond acceptors (Lipinski definition) is 8. The molecule has 8 heteroatoms. The summed E-state index contributed by atoms with van der Waals surface area (Å²) < 4.78 is 0. The molecule has 0 atom stereocenters. The first-order valence-corrected chi connectivity index (χ1v) is 11.2. The lowest BCUT2D eigenvalue weighted by molar-refractivity contribution is 0.632. The monoisotopic (exact) mass is 416 g/mol. The van der Waals surface area contributed by atoms with Gasteiger partial charge < -0.3 is 21.3 Å². The highest BCUT2D eigenvalue weighted by atomic mass is 16.2. The molecular formula is C22H32N4O4. The third kappa shape index (κ3) is 5.29. The molecule has 0 unspecified atom stereocenters. The zero-order valence-electron chi connectivity index (χ0n) is 17.5. The lowest BCUT2D eigenvalue weighted by Crippen LogP contribution is -2.37. The van der Waals surface area contributed by atoms with Crippen LogP contribution in [0.1, 0.15) is 64.2 Å². The molecular weight excluding hydrogens is 384 g/mol. The molecule has 4 N–H and O–H groups in total. The van der Waals surface area contributed by atoms with E-state index in [9.17, 15) is 19.2 Å². The van der Waals surface area contributed by atoms with E-state index in [1.54, 1.807) is 0 Å². The van der Waals surface area contributed by atoms with Crippen LogP contribution in [0.3, 0.4) is 0 Å². The number of rotatable bonds is 0. The second kappa shape index (κ2) is 10.9. The summed E-state index contributed by atoms with van der Waals surface area (Å²) in [6.45, 7) is 2.71. The maximum atomic E-state index is 11.8. The Hall–Kier alpha value is -2.64. The summed E-state index contributed by atoms with van der Waals surface area (Å²) >= 11 is 0. The maximum Gasteiger partial charge on any atom is 0.253 e. The molecule has 1 aliphatic rings. The molecule has 0 aromatic heterocycles. The first-order valence-electron chi connectivity index (χ1n) is 11.2. The van der Waals surface area contributed by atoms with Crippen LogP contribution in [0.4, 0.5) is 22.7 Å². The molecule has 2 aromatic carbocycles. The SMILES string of the molecule is O=c1c2c(c1=O)NCCCCCCCNc1c(c(=O)c1=O)NCCCCCCCN2. The van der Waals surface area contributed by atoms with Crippen LogP contribution in [-0.4, -0.2) is 26.2 Å². The molecule has 8 nitrogen and oxygen atoms in total. The van der Waals surface area contributed by atoms with Crippen molar-refractivity contribution in [2.45, 2.75) is 64.2 Å². The van der Waals surface area contributed by atoms with Crippen molar-refractivity contribution in [2.24, 2.45) is 0 Å². The number of anilines is 4. The first-order chi connectivity index (χ1) is 14.6. The predicted octanol–water partition coefficient (Wildman–Crippen LogP) is 2.14. The Morgan fingerprint density at radius 1 is 0.333 bits per heavy atom. The van der Waals surface area contributed by atoms with Crippen molar-refractivity contribution >= 4 is 22.7 Å². The van der Waals surface area contributed by atoms with Crippen molar-refractivity contribution in [3.05, 3.63) is 40.9 Å². The second-order valence-electron chi connectivity index (χ2n) is 8.06. The van der Waals surface area contributed by atoms with Gasteiger partial charge in [-0.3, -0.25) is 19.2 Å². The van der Waals surface area contributed by atoms with Gasteiger partial charge in [-0.1, -0.05) is 38.5 Å². The minimum absolute atomic E-state index is 0.414. The van der Waals surface area contributed by atoms with Gasteiger partial charge in [-0.25, -0.2) is 0 Å². The fourth-order valence-corrected chi connectivity index (χ4v) is 3.87. The molecule has 0 saturated carbocycles. The van der Waals surface area contributed by atoms with Crippen LogP contribution < -0.4 is 43.0 Å². The van der Waals surface area contributed by atoms with Crippen molar-refractivity contribution in [3.8, 4) is 0 Å². The Morgan fingerprint density at radius 3 is 0.767 bits per heavy atom. The van der Waals surface area contributed by atoms with Gasteiger partial charge in [-0.15, -0.1) is 0 Å².